The van der Waals surface area contributed by atoms with Crippen LogP contribution in [0.5, 0.6) is 0 Å². The topological polar surface area (TPSA) is 112 Å². The molecule has 0 aliphatic rings. The van der Waals surface area contributed by atoms with Crippen LogP contribution in [0.1, 0.15) is 29.3 Å². The lowest BCUT2D eigenvalue weighted by molar-refractivity contribution is 0.0934. The summed E-state index contributed by atoms with van der Waals surface area (Å²) in [5, 5.41) is 9.15. The summed E-state index contributed by atoms with van der Waals surface area (Å²) in [4.78, 5) is 18.4. The number of carbonyl (C=O) groups is 1. The number of amides is 1. The van der Waals surface area contributed by atoms with E-state index < -0.39 is 0 Å². The first-order chi connectivity index (χ1) is 7.66. The van der Waals surface area contributed by atoms with E-state index in [0.717, 1.165) is 0 Å². The zero-order valence-electron chi connectivity index (χ0n) is 8.69. The van der Waals surface area contributed by atoms with E-state index >= 15 is 0 Å². The highest BCUT2D eigenvalue weighted by Crippen LogP contribution is 2.08. The van der Waals surface area contributed by atoms with E-state index in [0.29, 0.717) is 17.2 Å². The number of aromatic nitrogens is 4. The molecule has 5 N–H and O–H groups in total. The Morgan fingerprint density at radius 2 is 2.44 bits per heavy atom. The second kappa shape index (κ2) is 4.05. The van der Waals surface area contributed by atoms with E-state index in [2.05, 4.69) is 25.5 Å². The number of nitrogens with one attached hydrogen (secondary N) is 3. The molecule has 0 aliphatic carbocycles. The Morgan fingerprint density at radius 1 is 1.62 bits per heavy atom. The number of nitrogens with two attached hydrogens (primary N) is 1. The summed E-state index contributed by atoms with van der Waals surface area (Å²) < 4.78 is 0. The van der Waals surface area contributed by atoms with E-state index in [9.17, 15) is 4.79 Å². The SMILES string of the molecule is CC(NC(=O)c1cc(N)c[nH]1)c1ncn[nH]1. The molecular formula is C9H12N6O. The van der Waals surface area contributed by atoms with Crippen LogP contribution < -0.4 is 11.1 Å². The Kier molecular flexibility index (Phi) is 2.59. The third-order valence-corrected chi connectivity index (χ3v) is 2.14. The minimum absolute atomic E-state index is 0.236. The van der Waals surface area contributed by atoms with E-state index in [1.54, 1.807) is 12.3 Å². The highest BCUT2D eigenvalue weighted by molar-refractivity contribution is 5.93. The Morgan fingerprint density at radius 3 is 3.00 bits per heavy atom. The van der Waals surface area contributed by atoms with Crippen molar-refractivity contribution in [2.75, 3.05) is 5.73 Å². The summed E-state index contributed by atoms with van der Waals surface area (Å²) in [6.07, 6.45) is 2.96. The molecule has 2 heterocycles. The number of H-pyrrole nitrogens is 2. The van der Waals surface area contributed by atoms with Gasteiger partial charge in [-0.05, 0) is 13.0 Å². The molecule has 1 amide bonds. The summed E-state index contributed by atoms with van der Waals surface area (Å²) in [5.41, 5.74) is 6.45. The van der Waals surface area contributed by atoms with Gasteiger partial charge in [-0.3, -0.25) is 9.89 Å². The van der Waals surface area contributed by atoms with Gasteiger partial charge < -0.3 is 16.0 Å². The molecule has 0 fully saturated rings. The van der Waals surface area contributed by atoms with Crippen molar-refractivity contribution in [2.24, 2.45) is 0 Å². The van der Waals surface area contributed by atoms with Crippen LogP contribution in [-0.4, -0.2) is 26.1 Å². The van der Waals surface area contributed by atoms with Crippen LogP contribution in [0, 0.1) is 0 Å². The van der Waals surface area contributed by atoms with Crippen LogP contribution in [0.2, 0.25) is 0 Å². The van der Waals surface area contributed by atoms with Gasteiger partial charge in [-0.1, -0.05) is 0 Å². The fourth-order valence-corrected chi connectivity index (χ4v) is 1.31. The molecule has 1 atom stereocenters. The smallest absolute Gasteiger partial charge is 0.268 e. The van der Waals surface area contributed by atoms with Crippen molar-refractivity contribution >= 4 is 11.6 Å². The molecule has 2 aromatic rings. The molecule has 0 radical (unpaired) electrons. The third kappa shape index (κ3) is 2.02. The minimum atomic E-state index is -0.237. The fourth-order valence-electron chi connectivity index (χ4n) is 1.31. The standard InChI is InChI=1S/C9H12N6O/c1-5(8-12-4-13-15-8)14-9(16)7-2-6(10)3-11-7/h2-5,11H,10H2,1H3,(H,14,16)(H,12,13,15). The zero-order valence-corrected chi connectivity index (χ0v) is 8.69. The predicted octanol–water partition coefficient (Wildman–Crippen LogP) is 0.206. The molecule has 0 saturated heterocycles. The quantitative estimate of drug-likeness (QED) is 0.592. The van der Waals surface area contributed by atoms with Crippen LogP contribution in [0.3, 0.4) is 0 Å². The maximum atomic E-state index is 11.7. The van der Waals surface area contributed by atoms with E-state index in [-0.39, 0.29) is 11.9 Å². The van der Waals surface area contributed by atoms with Crippen molar-refractivity contribution in [1.29, 1.82) is 0 Å². The maximum Gasteiger partial charge on any atom is 0.268 e. The molecule has 0 spiro atoms. The number of nitrogens with zero attached hydrogens (tertiary/aromatic N) is 2. The van der Waals surface area contributed by atoms with E-state index in [4.69, 9.17) is 5.73 Å². The van der Waals surface area contributed by atoms with Crippen molar-refractivity contribution in [3.63, 3.8) is 0 Å². The summed E-state index contributed by atoms with van der Waals surface area (Å²) in [6.45, 7) is 1.81. The molecule has 2 rings (SSSR count). The highest BCUT2D eigenvalue weighted by Gasteiger charge is 2.14. The van der Waals surface area contributed by atoms with E-state index in [1.165, 1.54) is 6.33 Å². The highest BCUT2D eigenvalue weighted by atomic mass is 16.1. The first-order valence-electron chi connectivity index (χ1n) is 4.77. The molecule has 2 aromatic heterocycles. The first kappa shape index (κ1) is 10.2. The Bertz CT molecular complexity index is 474. The molecule has 1 unspecified atom stereocenters. The molecule has 0 saturated carbocycles. The Balaban J connectivity index is 2.03. The number of hydrogen-bond donors (Lipinski definition) is 4. The van der Waals surface area contributed by atoms with Gasteiger partial charge in [0.1, 0.15) is 17.8 Å². The third-order valence-electron chi connectivity index (χ3n) is 2.14. The number of nitrogen functional groups attached to an aromatic ring is 1. The lowest BCUT2D eigenvalue weighted by atomic mass is 10.3. The van der Waals surface area contributed by atoms with Crippen LogP contribution in [-0.2, 0) is 0 Å². The first-order valence-corrected chi connectivity index (χ1v) is 4.77. The Labute approximate surface area is 91.5 Å². The minimum Gasteiger partial charge on any atom is -0.397 e. The molecule has 0 bridgehead atoms. The Hall–Kier alpha value is -2.31. The number of aromatic amines is 2. The van der Waals surface area contributed by atoms with Crippen LogP contribution in [0.15, 0.2) is 18.6 Å². The molecule has 84 valence electrons. The van der Waals surface area contributed by atoms with Crippen molar-refractivity contribution in [1.82, 2.24) is 25.5 Å². The normalized spacial score (nSPS) is 12.3. The van der Waals surface area contributed by atoms with Crippen molar-refractivity contribution in [3.8, 4) is 0 Å². The predicted molar refractivity (Wildman–Crippen MR) is 57.5 cm³/mol. The average molecular weight is 220 g/mol. The summed E-state index contributed by atoms with van der Waals surface area (Å²) >= 11 is 0. The van der Waals surface area contributed by atoms with Gasteiger partial charge in [-0.2, -0.15) is 5.10 Å². The lowest BCUT2D eigenvalue weighted by Crippen LogP contribution is -2.27. The molecule has 16 heavy (non-hydrogen) atoms. The zero-order chi connectivity index (χ0) is 11.5. The largest absolute Gasteiger partial charge is 0.397 e. The van der Waals surface area contributed by atoms with Gasteiger partial charge in [0.25, 0.3) is 5.91 Å². The monoisotopic (exact) mass is 220 g/mol. The number of carbonyl (C=O) groups excluding carboxylic acids is 1. The van der Waals surface area contributed by atoms with Crippen LogP contribution >= 0.6 is 0 Å². The molecular weight excluding hydrogens is 208 g/mol. The fraction of sp³-hybridized carbons (Fsp3) is 0.222. The maximum absolute atomic E-state index is 11.7. The van der Waals surface area contributed by atoms with Gasteiger partial charge in [-0.15, -0.1) is 0 Å². The van der Waals surface area contributed by atoms with Gasteiger partial charge in [0, 0.05) is 11.9 Å². The van der Waals surface area contributed by atoms with Gasteiger partial charge in [0.15, 0.2) is 0 Å². The van der Waals surface area contributed by atoms with Gasteiger partial charge in [-0.25, -0.2) is 4.98 Å². The van der Waals surface area contributed by atoms with Crippen molar-refractivity contribution in [2.45, 2.75) is 13.0 Å². The number of anilines is 1. The number of hydrogen-bond acceptors (Lipinski definition) is 4. The van der Waals surface area contributed by atoms with Crippen LogP contribution in [0.4, 0.5) is 5.69 Å². The van der Waals surface area contributed by atoms with Crippen LogP contribution in [0.25, 0.3) is 0 Å². The van der Waals surface area contributed by atoms with Crippen molar-refractivity contribution in [3.05, 3.63) is 30.1 Å². The van der Waals surface area contributed by atoms with Gasteiger partial charge in [0.05, 0.1) is 6.04 Å². The van der Waals surface area contributed by atoms with Crippen molar-refractivity contribution < 1.29 is 4.79 Å². The van der Waals surface area contributed by atoms with Gasteiger partial charge in [0.2, 0.25) is 0 Å². The van der Waals surface area contributed by atoms with E-state index in [1.807, 2.05) is 6.92 Å². The number of rotatable bonds is 3. The molecule has 0 aromatic carbocycles. The lowest BCUT2D eigenvalue weighted by Gasteiger charge is -2.09. The molecule has 7 nitrogen and oxygen atoms in total. The molecule has 7 heteroatoms. The van der Waals surface area contributed by atoms with Gasteiger partial charge >= 0.3 is 0 Å². The summed E-state index contributed by atoms with van der Waals surface area (Å²) in [6, 6.07) is 1.34. The second-order valence-electron chi connectivity index (χ2n) is 3.41. The summed E-state index contributed by atoms with van der Waals surface area (Å²) in [5.74, 6) is 0.369. The second-order valence-corrected chi connectivity index (χ2v) is 3.41. The average Bonchev–Trinajstić information content (AvgIpc) is 2.87. The molecule has 0 aliphatic heterocycles. The summed E-state index contributed by atoms with van der Waals surface area (Å²) in [7, 11) is 0.